The van der Waals surface area contributed by atoms with Crippen LogP contribution in [0.1, 0.15) is 46.5 Å². The molecule has 0 aromatic carbocycles. The highest BCUT2D eigenvalue weighted by Crippen LogP contribution is 2.16. The summed E-state index contributed by atoms with van der Waals surface area (Å²) >= 11 is 3.30. The van der Waals surface area contributed by atoms with Gasteiger partial charge in [0, 0.05) is 12.3 Å². The number of hydrogen-bond acceptors (Lipinski definition) is 3. The van der Waals surface area contributed by atoms with Crippen molar-refractivity contribution in [3.05, 3.63) is 23.8 Å². The molecular formula is C15H25BrO3. The third-order valence-electron chi connectivity index (χ3n) is 2.70. The summed E-state index contributed by atoms with van der Waals surface area (Å²) in [5.41, 5.74) is 0.582. The molecule has 0 spiro atoms. The van der Waals surface area contributed by atoms with Crippen molar-refractivity contribution >= 4 is 21.9 Å². The number of alkyl halides is 1. The van der Waals surface area contributed by atoms with Crippen LogP contribution in [0, 0.1) is 0 Å². The first-order chi connectivity index (χ1) is 8.87. The lowest BCUT2D eigenvalue weighted by molar-refractivity contribution is -0.139. The van der Waals surface area contributed by atoms with E-state index < -0.39 is 5.60 Å². The Balaban J connectivity index is 3.70. The maximum absolute atomic E-state index is 10.6. The van der Waals surface area contributed by atoms with Crippen molar-refractivity contribution in [2.75, 3.05) is 11.9 Å². The number of carbonyl (C=O) groups is 1. The van der Waals surface area contributed by atoms with Crippen molar-refractivity contribution in [1.82, 2.24) is 0 Å². The number of unbranched alkanes of at least 4 members (excludes halogenated alkanes) is 1. The first-order valence-electron chi connectivity index (χ1n) is 6.60. The molecule has 19 heavy (non-hydrogen) atoms. The van der Waals surface area contributed by atoms with Gasteiger partial charge in [0.1, 0.15) is 6.61 Å². The number of carbonyl (C=O) groups excluding carboxylic acids is 1. The number of allylic oxidation sites excluding steroid dienone is 3. The van der Waals surface area contributed by atoms with Crippen LogP contribution in [0.25, 0.3) is 0 Å². The van der Waals surface area contributed by atoms with Gasteiger partial charge in [-0.2, -0.15) is 0 Å². The van der Waals surface area contributed by atoms with E-state index in [0.29, 0.717) is 11.9 Å². The van der Waals surface area contributed by atoms with E-state index in [9.17, 15) is 9.90 Å². The minimum Gasteiger partial charge on any atom is -0.462 e. The second-order valence-corrected chi connectivity index (χ2v) is 5.61. The van der Waals surface area contributed by atoms with Gasteiger partial charge in [-0.3, -0.25) is 4.79 Å². The van der Waals surface area contributed by atoms with Gasteiger partial charge < -0.3 is 9.84 Å². The second-order valence-electron chi connectivity index (χ2n) is 5.05. The van der Waals surface area contributed by atoms with Crippen LogP contribution < -0.4 is 0 Å². The van der Waals surface area contributed by atoms with Crippen LogP contribution in [0.2, 0.25) is 0 Å². The average molecular weight is 333 g/mol. The van der Waals surface area contributed by atoms with Crippen molar-refractivity contribution < 1.29 is 14.6 Å². The Morgan fingerprint density at radius 3 is 2.63 bits per heavy atom. The van der Waals surface area contributed by atoms with Crippen LogP contribution in [-0.4, -0.2) is 28.6 Å². The number of ether oxygens (including phenoxy) is 1. The monoisotopic (exact) mass is 332 g/mol. The molecule has 0 amide bonds. The quantitative estimate of drug-likeness (QED) is 0.302. The molecule has 0 fully saturated rings. The smallest absolute Gasteiger partial charge is 0.302 e. The fourth-order valence-corrected chi connectivity index (χ4v) is 1.72. The third kappa shape index (κ3) is 12.2. The SMILES string of the molecule is CC(=O)OC/C=C(\C)C/C=C/CCCC(C)(O)CBr. The normalized spacial score (nSPS) is 15.5. The minimum absolute atomic E-state index is 0.251. The Labute approximate surface area is 124 Å². The van der Waals surface area contributed by atoms with Gasteiger partial charge in [0.2, 0.25) is 0 Å². The van der Waals surface area contributed by atoms with Crippen LogP contribution >= 0.6 is 15.9 Å². The Morgan fingerprint density at radius 1 is 1.37 bits per heavy atom. The number of rotatable bonds is 9. The lowest BCUT2D eigenvalue weighted by atomic mass is 10.0. The standard InChI is InChI=1S/C15H25BrO3/c1-13(9-11-19-14(2)17)8-6-4-5-7-10-15(3,18)12-16/h4,6,9,18H,5,7-8,10-12H2,1-3H3/b6-4+,13-9+. The lowest BCUT2D eigenvalue weighted by Gasteiger charge is -2.19. The van der Waals surface area contributed by atoms with E-state index in [0.717, 1.165) is 25.7 Å². The summed E-state index contributed by atoms with van der Waals surface area (Å²) in [5.74, 6) is -0.251. The van der Waals surface area contributed by atoms with E-state index in [-0.39, 0.29) is 5.97 Å². The Morgan fingerprint density at radius 2 is 2.05 bits per heavy atom. The van der Waals surface area contributed by atoms with Crippen LogP contribution in [0.4, 0.5) is 0 Å². The van der Waals surface area contributed by atoms with Crippen molar-refractivity contribution in [3.8, 4) is 0 Å². The predicted octanol–water partition coefficient (Wildman–Crippen LogP) is 3.76. The molecule has 0 aliphatic heterocycles. The van der Waals surface area contributed by atoms with Gasteiger partial charge in [0.05, 0.1) is 5.60 Å². The summed E-state index contributed by atoms with van der Waals surface area (Å²) in [4.78, 5) is 10.6. The molecule has 0 aromatic rings. The highest BCUT2D eigenvalue weighted by Gasteiger charge is 2.16. The molecule has 1 N–H and O–H groups in total. The second kappa shape index (κ2) is 10.2. The van der Waals surface area contributed by atoms with Crippen LogP contribution in [-0.2, 0) is 9.53 Å². The van der Waals surface area contributed by atoms with Crippen LogP contribution in [0.15, 0.2) is 23.8 Å². The molecule has 3 nitrogen and oxygen atoms in total. The zero-order chi connectivity index (χ0) is 14.7. The van der Waals surface area contributed by atoms with Gasteiger partial charge in [-0.15, -0.1) is 0 Å². The molecule has 0 heterocycles. The highest BCUT2D eigenvalue weighted by molar-refractivity contribution is 9.09. The van der Waals surface area contributed by atoms with Gasteiger partial charge in [-0.1, -0.05) is 33.7 Å². The molecule has 0 saturated carbocycles. The molecule has 0 radical (unpaired) electrons. The minimum atomic E-state index is -0.603. The van der Waals surface area contributed by atoms with E-state index in [1.165, 1.54) is 12.5 Å². The number of aliphatic hydroxyl groups is 1. The van der Waals surface area contributed by atoms with Crippen molar-refractivity contribution in [2.24, 2.45) is 0 Å². The summed E-state index contributed by atoms with van der Waals surface area (Å²) in [6.07, 6.45) is 9.78. The average Bonchev–Trinajstić information content (AvgIpc) is 2.33. The molecule has 0 aliphatic rings. The zero-order valence-corrected chi connectivity index (χ0v) is 13.7. The van der Waals surface area contributed by atoms with Gasteiger partial charge in [0.15, 0.2) is 0 Å². The highest BCUT2D eigenvalue weighted by atomic mass is 79.9. The molecule has 0 aliphatic carbocycles. The Hall–Kier alpha value is -0.610. The van der Waals surface area contributed by atoms with Gasteiger partial charge in [-0.25, -0.2) is 0 Å². The molecule has 0 bridgehead atoms. The number of esters is 1. The van der Waals surface area contributed by atoms with Crippen LogP contribution in [0.5, 0.6) is 0 Å². The van der Waals surface area contributed by atoms with E-state index >= 15 is 0 Å². The van der Waals surface area contributed by atoms with E-state index in [4.69, 9.17) is 4.74 Å². The molecule has 0 rings (SSSR count). The summed E-state index contributed by atoms with van der Waals surface area (Å²) in [7, 11) is 0. The largest absolute Gasteiger partial charge is 0.462 e. The van der Waals surface area contributed by atoms with E-state index in [1.807, 2.05) is 19.9 Å². The van der Waals surface area contributed by atoms with Gasteiger partial charge >= 0.3 is 5.97 Å². The Bertz CT molecular complexity index is 319. The fraction of sp³-hybridized carbons (Fsp3) is 0.667. The molecular weight excluding hydrogens is 308 g/mol. The summed E-state index contributed by atoms with van der Waals surface area (Å²) in [5, 5.41) is 10.4. The summed E-state index contributed by atoms with van der Waals surface area (Å²) in [6, 6.07) is 0. The topological polar surface area (TPSA) is 46.5 Å². The first-order valence-corrected chi connectivity index (χ1v) is 7.72. The molecule has 0 saturated heterocycles. The number of halogens is 1. The summed E-state index contributed by atoms with van der Waals surface area (Å²) < 4.78 is 4.84. The lowest BCUT2D eigenvalue weighted by Crippen LogP contribution is -2.25. The molecule has 1 atom stereocenters. The molecule has 110 valence electrons. The first kappa shape index (κ1) is 18.4. The van der Waals surface area contributed by atoms with Crippen LogP contribution in [0.3, 0.4) is 0 Å². The zero-order valence-electron chi connectivity index (χ0n) is 12.1. The van der Waals surface area contributed by atoms with Gasteiger partial charge in [-0.05, 0) is 45.6 Å². The molecule has 1 unspecified atom stereocenters. The summed E-state index contributed by atoms with van der Waals surface area (Å²) in [6.45, 7) is 5.62. The van der Waals surface area contributed by atoms with Gasteiger partial charge in [0.25, 0.3) is 0 Å². The maximum atomic E-state index is 10.6. The van der Waals surface area contributed by atoms with Crippen molar-refractivity contribution in [1.29, 1.82) is 0 Å². The number of hydrogen-bond donors (Lipinski definition) is 1. The fourth-order valence-electron chi connectivity index (χ4n) is 1.44. The third-order valence-corrected chi connectivity index (χ3v) is 3.91. The maximum Gasteiger partial charge on any atom is 0.302 e. The van der Waals surface area contributed by atoms with Crippen molar-refractivity contribution in [2.45, 2.75) is 52.1 Å². The predicted molar refractivity (Wildman–Crippen MR) is 82.4 cm³/mol. The Kier molecular flexibility index (Phi) is 9.88. The van der Waals surface area contributed by atoms with E-state index in [1.54, 1.807) is 0 Å². The van der Waals surface area contributed by atoms with Crippen molar-refractivity contribution in [3.63, 3.8) is 0 Å². The molecule has 4 heteroatoms. The van der Waals surface area contributed by atoms with E-state index in [2.05, 4.69) is 28.1 Å². The molecule has 0 aromatic heterocycles.